The fraction of sp³-hybridized carbons (Fsp3) is 0.605. The van der Waals surface area contributed by atoms with E-state index < -0.39 is 0 Å². The molecule has 1 heterocycles. The second-order valence-electron chi connectivity index (χ2n) is 12.0. The van der Waals surface area contributed by atoms with Gasteiger partial charge < -0.3 is 23.8 Å². The number of nitrogens with zero attached hydrogens (tertiary/aromatic N) is 1. The van der Waals surface area contributed by atoms with Crippen LogP contribution in [0.3, 0.4) is 0 Å². The van der Waals surface area contributed by atoms with Crippen molar-refractivity contribution in [1.82, 2.24) is 4.90 Å². The molecule has 0 N–H and O–H groups in total. The zero-order valence-corrected chi connectivity index (χ0v) is 28.1. The number of amides is 1. The summed E-state index contributed by atoms with van der Waals surface area (Å²) >= 11 is 0. The summed E-state index contributed by atoms with van der Waals surface area (Å²) in [6.07, 6.45) is 23.1. The van der Waals surface area contributed by atoms with Crippen LogP contribution >= 0.6 is 0 Å². The maximum Gasteiger partial charge on any atom is 0.223 e. The summed E-state index contributed by atoms with van der Waals surface area (Å²) < 4.78 is 22.3. The molecule has 6 nitrogen and oxygen atoms in total. The van der Waals surface area contributed by atoms with Gasteiger partial charge in [-0.2, -0.15) is 0 Å². The van der Waals surface area contributed by atoms with Gasteiger partial charge in [-0.25, -0.2) is 0 Å². The Hall–Kier alpha value is -3.15. The van der Waals surface area contributed by atoms with Gasteiger partial charge in [0.25, 0.3) is 0 Å². The summed E-state index contributed by atoms with van der Waals surface area (Å²) in [6, 6.07) is 10.0. The zero-order valence-electron chi connectivity index (χ0n) is 28.1. The number of hydrogen-bond donors (Lipinski definition) is 0. The number of unbranched alkanes of at least 4 members (excludes halogenated alkanes) is 11. The van der Waals surface area contributed by atoms with E-state index in [-0.39, 0.29) is 11.9 Å². The molecule has 1 unspecified atom stereocenters. The Morgan fingerprint density at radius 1 is 0.727 bits per heavy atom. The third kappa shape index (κ3) is 10.8. The van der Waals surface area contributed by atoms with Crippen LogP contribution in [0.1, 0.15) is 120 Å². The molecular weight excluding hydrogens is 550 g/mol. The van der Waals surface area contributed by atoms with E-state index in [2.05, 4.69) is 42.2 Å². The number of methoxy groups -OCH3 is 4. The molecule has 2 aromatic rings. The van der Waals surface area contributed by atoms with Crippen molar-refractivity contribution in [2.75, 3.05) is 35.0 Å². The van der Waals surface area contributed by atoms with Gasteiger partial charge in [-0.15, -0.1) is 0 Å². The van der Waals surface area contributed by atoms with E-state index in [9.17, 15) is 4.79 Å². The molecule has 1 aliphatic heterocycles. The molecule has 1 aliphatic rings. The molecule has 244 valence electrons. The van der Waals surface area contributed by atoms with E-state index >= 15 is 0 Å². The molecule has 0 saturated carbocycles. The standard InChI is InChI=1S/C38H57NO5/c1-6-7-8-9-10-11-12-13-14-15-16-17-18-19-20-21-38(40)39-25-24-31-28-36(43-4)37(44-5)29-32(31)33(39)26-30-22-23-34(41-2)35(27-30)42-3/h13-14,22-23,27-29,33H,6-12,15-21,24-26H2,1-5H3/b14-13-. The van der Waals surface area contributed by atoms with Crippen LogP contribution < -0.4 is 18.9 Å². The Kier molecular flexibility index (Phi) is 16.1. The molecule has 1 atom stereocenters. The fourth-order valence-electron chi connectivity index (χ4n) is 6.27. The molecular formula is C38H57NO5. The molecule has 6 heteroatoms. The van der Waals surface area contributed by atoms with E-state index in [1.54, 1.807) is 28.4 Å². The SMILES string of the molecule is CCCCCCCC/C=C\CCCCCCCC(=O)N1CCc2cc(OC)c(OC)cc2C1Cc1ccc(OC)c(OC)c1. The van der Waals surface area contributed by atoms with Gasteiger partial charge in [-0.05, 0) is 85.9 Å². The highest BCUT2D eigenvalue weighted by atomic mass is 16.5. The molecule has 0 bridgehead atoms. The lowest BCUT2D eigenvalue weighted by atomic mass is 9.87. The number of benzene rings is 2. The maximum atomic E-state index is 13.7. The molecule has 0 spiro atoms. The summed E-state index contributed by atoms with van der Waals surface area (Å²) in [4.78, 5) is 15.7. The van der Waals surface area contributed by atoms with Crippen molar-refractivity contribution in [2.45, 2.75) is 116 Å². The van der Waals surface area contributed by atoms with Gasteiger partial charge in [0.05, 0.1) is 34.5 Å². The van der Waals surface area contributed by atoms with Gasteiger partial charge in [0.2, 0.25) is 5.91 Å². The van der Waals surface area contributed by atoms with Crippen molar-refractivity contribution in [2.24, 2.45) is 0 Å². The van der Waals surface area contributed by atoms with E-state index in [1.165, 1.54) is 76.2 Å². The van der Waals surface area contributed by atoms with Crippen molar-refractivity contribution >= 4 is 5.91 Å². The average Bonchev–Trinajstić information content (AvgIpc) is 3.05. The van der Waals surface area contributed by atoms with Crippen LogP contribution in [0.4, 0.5) is 0 Å². The van der Waals surface area contributed by atoms with Crippen LogP contribution in [-0.2, 0) is 17.6 Å². The predicted molar refractivity (Wildman–Crippen MR) is 180 cm³/mol. The number of carbonyl (C=O) groups excluding carboxylic acids is 1. The number of ether oxygens (including phenoxy) is 4. The average molecular weight is 608 g/mol. The summed E-state index contributed by atoms with van der Waals surface area (Å²) in [5.74, 6) is 3.04. The molecule has 44 heavy (non-hydrogen) atoms. The normalized spacial score (nSPS) is 14.5. The highest BCUT2D eigenvalue weighted by Crippen LogP contribution is 2.40. The Labute approximate surface area is 267 Å². The topological polar surface area (TPSA) is 57.2 Å². The summed E-state index contributed by atoms with van der Waals surface area (Å²) in [5, 5.41) is 0. The van der Waals surface area contributed by atoms with Crippen molar-refractivity contribution in [3.8, 4) is 23.0 Å². The van der Waals surface area contributed by atoms with Gasteiger partial charge >= 0.3 is 0 Å². The number of hydrogen-bond acceptors (Lipinski definition) is 5. The molecule has 0 fully saturated rings. The fourth-order valence-corrected chi connectivity index (χ4v) is 6.27. The lowest BCUT2D eigenvalue weighted by Crippen LogP contribution is -2.41. The van der Waals surface area contributed by atoms with Crippen molar-refractivity contribution in [3.63, 3.8) is 0 Å². The van der Waals surface area contributed by atoms with Crippen LogP contribution in [0.25, 0.3) is 0 Å². The minimum absolute atomic E-state index is 0.0905. The Morgan fingerprint density at radius 2 is 1.30 bits per heavy atom. The van der Waals surface area contributed by atoms with E-state index in [4.69, 9.17) is 18.9 Å². The Bertz CT molecular complexity index is 1160. The van der Waals surface area contributed by atoms with E-state index in [0.29, 0.717) is 36.6 Å². The van der Waals surface area contributed by atoms with Crippen LogP contribution in [0.2, 0.25) is 0 Å². The second kappa shape index (κ2) is 20.0. The van der Waals surface area contributed by atoms with E-state index in [0.717, 1.165) is 36.1 Å². The number of carbonyl (C=O) groups is 1. The first kappa shape index (κ1) is 35.3. The van der Waals surface area contributed by atoms with E-state index in [1.807, 2.05) is 12.1 Å². The van der Waals surface area contributed by atoms with Gasteiger partial charge in [-0.3, -0.25) is 4.79 Å². The van der Waals surface area contributed by atoms with Gasteiger partial charge in [0, 0.05) is 13.0 Å². The Balaban J connectivity index is 1.52. The predicted octanol–water partition coefficient (Wildman–Crippen LogP) is 9.43. The molecule has 2 aromatic carbocycles. The molecule has 0 radical (unpaired) electrons. The van der Waals surface area contributed by atoms with Crippen molar-refractivity contribution < 1.29 is 23.7 Å². The first-order valence-corrected chi connectivity index (χ1v) is 17.0. The minimum atomic E-state index is -0.0905. The minimum Gasteiger partial charge on any atom is -0.493 e. The first-order chi connectivity index (χ1) is 21.6. The van der Waals surface area contributed by atoms with Crippen LogP contribution in [0.5, 0.6) is 23.0 Å². The van der Waals surface area contributed by atoms with Crippen LogP contribution in [0.15, 0.2) is 42.5 Å². The quantitative estimate of drug-likeness (QED) is 0.105. The molecule has 3 rings (SSSR count). The number of fused-ring (bicyclic) bond motifs is 1. The van der Waals surface area contributed by atoms with Gasteiger partial charge in [-0.1, -0.05) is 76.5 Å². The monoisotopic (exact) mass is 607 g/mol. The zero-order chi connectivity index (χ0) is 31.6. The number of allylic oxidation sites excluding steroid dienone is 2. The van der Waals surface area contributed by atoms with Crippen molar-refractivity contribution in [3.05, 3.63) is 59.2 Å². The highest BCUT2D eigenvalue weighted by molar-refractivity contribution is 5.77. The third-order valence-electron chi connectivity index (χ3n) is 8.85. The molecule has 0 saturated heterocycles. The smallest absolute Gasteiger partial charge is 0.223 e. The third-order valence-corrected chi connectivity index (χ3v) is 8.85. The summed E-state index contributed by atoms with van der Waals surface area (Å²) in [5.41, 5.74) is 3.42. The summed E-state index contributed by atoms with van der Waals surface area (Å²) in [7, 11) is 6.62. The Morgan fingerprint density at radius 3 is 1.93 bits per heavy atom. The van der Waals surface area contributed by atoms with Crippen LogP contribution in [0, 0.1) is 0 Å². The highest BCUT2D eigenvalue weighted by Gasteiger charge is 2.32. The van der Waals surface area contributed by atoms with Crippen LogP contribution in [-0.4, -0.2) is 45.8 Å². The molecule has 1 amide bonds. The maximum absolute atomic E-state index is 13.7. The lowest BCUT2D eigenvalue weighted by Gasteiger charge is -2.38. The largest absolute Gasteiger partial charge is 0.493 e. The second-order valence-corrected chi connectivity index (χ2v) is 12.0. The molecule has 0 aromatic heterocycles. The van der Waals surface area contributed by atoms with Crippen molar-refractivity contribution in [1.29, 1.82) is 0 Å². The molecule has 0 aliphatic carbocycles. The lowest BCUT2D eigenvalue weighted by molar-refractivity contribution is -0.134. The van der Waals surface area contributed by atoms with Gasteiger partial charge in [0.15, 0.2) is 23.0 Å². The van der Waals surface area contributed by atoms with Gasteiger partial charge in [0.1, 0.15) is 0 Å². The first-order valence-electron chi connectivity index (χ1n) is 17.0. The number of rotatable bonds is 21. The summed E-state index contributed by atoms with van der Waals surface area (Å²) in [6.45, 7) is 2.97.